The van der Waals surface area contributed by atoms with E-state index in [9.17, 15) is 14.0 Å². The Morgan fingerprint density at radius 3 is 2.50 bits per heavy atom. The molecule has 0 atom stereocenters. The zero-order chi connectivity index (χ0) is 16.9. The predicted molar refractivity (Wildman–Crippen MR) is 87.5 cm³/mol. The summed E-state index contributed by atoms with van der Waals surface area (Å²) in [7, 11) is 0. The Kier molecular flexibility index (Phi) is 4.47. The molecule has 6 heteroatoms. The Hall–Kier alpha value is -3.28. The largest absolute Gasteiger partial charge is 0.288 e. The van der Waals surface area contributed by atoms with Crippen LogP contribution in [-0.4, -0.2) is 16.8 Å². The summed E-state index contributed by atoms with van der Waals surface area (Å²) < 4.78 is 13.5. The molecule has 3 aromatic rings. The van der Waals surface area contributed by atoms with Crippen molar-refractivity contribution in [1.82, 2.24) is 15.8 Å². The van der Waals surface area contributed by atoms with Crippen LogP contribution in [-0.2, 0) is 11.2 Å². The fourth-order valence-corrected chi connectivity index (χ4v) is 2.24. The van der Waals surface area contributed by atoms with E-state index in [4.69, 9.17) is 0 Å². The van der Waals surface area contributed by atoms with Crippen LogP contribution >= 0.6 is 0 Å². The summed E-state index contributed by atoms with van der Waals surface area (Å²) in [6, 6.07) is 16.7. The lowest BCUT2D eigenvalue weighted by molar-refractivity contribution is -0.121. The Bertz CT molecular complexity index is 911. The number of pyridine rings is 1. The van der Waals surface area contributed by atoms with Gasteiger partial charge in [0, 0.05) is 5.39 Å². The first kappa shape index (κ1) is 15.6. The number of halogens is 1. The number of carbonyl (C=O) groups excluding carboxylic acids is 2. The van der Waals surface area contributed by atoms with Crippen LogP contribution in [0.3, 0.4) is 0 Å². The molecule has 0 spiro atoms. The topological polar surface area (TPSA) is 71.1 Å². The van der Waals surface area contributed by atoms with Gasteiger partial charge in [0.2, 0.25) is 5.91 Å². The van der Waals surface area contributed by atoms with Gasteiger partial charge in [-0.25, -0.2) is 9.37 Å². The lowest BCUT2D eigenvalue weighted by Crippen LogP contribution is -2.42. The van der Waals surface area contributed by atoms with E-state index in [0.717, 1.165) is 5.39 Å². The first-order valence-corrected chi connectivity index (χ1v) is 7.32. The van der Waals surface area contributed by atoms with Gasteiger partial charge in [0.25, 0.3) is 5.91 Å². The number of aromatic nitrogens is 1. The van der Waals surface area contributed by atoms with Crippen molar-refractivity contribution < 1.29 is 14.0 Å². The third-order valence-corrected chi connectivity index (χ3v) is 3.46. The third kappa shape index (κ3) is 3.55. The SMILES string of the molecule is O=C(Cc1ccccc1F)NNC(=O)c1ccc2ccccc2n1. The number of fused-ring (bicyclic) bond motifs is 1. The average molecular weight is 323 g/mol. The van der Waals surface area contributed by atoms with Gasteiger partial charge in [0.15, 0.2) is 0 Å². The molecule has 24 heavy (non-hydrogen) atoms. The van der Waals surface area contributed by atoms with Gasteiger partial charge in [-0.3, -0.25) is 20.4 Å². The van der Waals surface area contributed by atoms with Crippen LogP contribution in [0.15, 0.2) is 60.7 Å². The highest BCUT2D eigenvalue weighted by atomic mass is 19.1. The number of para-hydroxylation sites is 1. The maximum Gasteiger partial charge on any atom is 0.288 e. The summed E-state index contributed by atoms with van der Waals surface area (Å²) >= 11 is 0. The molecular formula is C18H14FN3O2. The fourth-order valence-electron chi connectivity index (χ4n) is 2.24. The highest BCUT2D eigenvalue weighted by Gasteiger charge is 2.11. The number of benzene rings is 2. The van der Waals surface area contributed by atoms with Crippen LogP contribution in [0.5, 0.6) is 0 Å². The van der Waals surface area contributed by atoms with E-state index < -0.39 is 17.6 Å². The van der Waals surface area contributed by atoms with E-state index in [-0.39, 0.29) is 17.7 Å². The quantitative estimate of drug-likeness (QED) is 0.727. The molecule has 1 aromatic heterocycles. The Morgan fingerprint density at radius 2 is 1.67 bits per heavy atom. The molecule has 0 aliphatic heterocycles. The zero-order valence-corrected chi connectivity index (χ0v) is 12.6. The number of rotatable bonds is 3. The van der Waals surface area contributed by atoms with Crippen LogP contribution in [0.1, 0.15) is 16.1 Å². The molecule has 2 N–H and O–H groups in total. The molecule has 2 amide bonds. The molecule has 0 aliphatic rings. The Labute approximate surface area is 137 Å². The summed E-state index contributed by atoms with van der Waals surface area (Å²) in [6.07, 6.45) is -0.169. The van der Waals surface area contributed by atoms with Crippen LogP contribution in [0.4, 0.5) is 4.39 Å². The van der Waals surface area contributed by atoms with E-state index in [1.807, 2.05) is 18.2 Å². The van der Waals surface area contributed by atoms with Gasteiger partial charge in [0.05, 0.1) is 11.9 Å². The van der Waals surface area contributed by atoms with Crippen LogP contribution < -0.4 is 10.9 Å². The van der Waals surface area contributed by atoms with Crippen molar-refractivity contribution in [2.75, 3.05) is 0 Å². The Balaban J connectivity index is 1.62. The molecule has 0 radical (unpaired) electrons. The van der Waals surface area contributed by atoms with E-state index in [1.54, 1.807) is 30.3 Å². The van der Waals surface area contributed by atoms with Crippen LogP contribution in [0.25, 0.3) is 10.9 Å². The highest BCUT2D eigenvalue weighted by molar-refractivity contribution is 5.96. The smallest absolute Gasteiger partial charge is 0.273 e. The molecule has 0 saturated heterocycles. The standard InChI is InChI=1S/C18H14FN3O2/c19-14-7-3-1-6-13(14)11-17(23)21-22-18(24)16-10-9-12-5-2-4-8-15(12)20-16/h1-10H,11H2,(H,21,23)(H,22,24). The lowest BCUT2D eigenvalue weighted by atomic mass is 10.1. The first-order valence-electron chi connectivity index (χ1n) is 7.32. The monoisotopic (exact) mass is 323 g/mol. The molecule has 120 valence electrons. The number of hydrogen-bond acceptors (Lipinski definition) is 3. The first-order chi connectivity index (χ1) is 11.6. The van der Waals surface area contributed by atoms with Crippen molar-refractivity contribution in [1.29, 1.82) is 0 Å². The van der Waals surface area contributed by atoms with Gasteiger partial charge in [-0.1, -0.05) is 42.5 Å². The third-order valence-electron chi connectivity index (χ3n) is 3.46. The average Bonchev–Trinajstić information content (AvgIpc) is 2.61. The van der Waals surface area contributed by atoms with Crippen molar-refractivity contribution in [3.05, 3.63) is 77.7 Å². The summed E-state index contributed by atoms with van der Waals surface area (Å²) in [6.45, 7) is 0. The maximum atomic E-state index is 13.5. The van der Waals surface area contributed by atoms with Gasteiger partial charge in [-0.15, -0.1) is 0 Å². The van der Waals surface area contributed by atoms with Crippen molar-refractivity contribution in [2.24, 2.45) is 0 Å². The molecule has 3 rings (SSSR count). The second-order valence-electron chi connectivity index (χ2n) is 5.16. The molecule has 0 saturated carbocycles. The minimum atomic E-state index is -0.539. The maximum absolute atomic E-state index is 13.5. The molecular weight excluding hydrogens is 309 g/mol. The fraction of sp³-hybridized carbons (Fsp3) is 0.0556. The number of carbonyl (C=O) groups is 2. The van der Waals surface area contributed by atoms with E-state index in [1.165, 1.54) is 12.1 Å². The van der Waals surface area contributed by atoms with Gasteiger partial charge < -0.3 is 0 Å². The van der Waals surface area contributed by atoms with E-state index in [0.29, 0.717) is 5.52 Å². The normalized spacial score (nSPS) is 10.4. The van der Waals surface area contributed by atoms with Gasteiger partial charge >= 0.3 is 0 Å². The summed E-state index contributed by atoms with van der Waals surface area (Å²) in [5.41, 5.74) is 5.66. The second-order valence-corrected chi connectivity index (χ2v) is 5.16. The van der Waals surface area contributed by atoms with Crippen LogP contribution in [0.2, 0.25) is 0 Å². The second kappa shape index (κ2) is 6.87. The van der Waals surface area contributed by atoms with Crippen molar-refractivity contribution in [2.45, 2.75) is 6.42 Å². The summed E-state index contributed by atoms with van der Waals surface area (Å²) in [4.78, 5) is 28.1. The molecule has 0 bridgehead atoms. The molecule has 0 aliphatic carbocycles. The van der Waals surface area contributed by atoms with Gasteiger partial charge in [0.1, 0.15) is 11.5 Å². The number of amides is 2. The van der Waals surface area contributed by atoms with Crippen molar-refractivity contribution in [3.63, 3.8) is 0 Å². The zero-order valence-electron chi connectivity index (χ0n) is 12.6. The minimum absolute atomic E-state index is 0.169. The summed E-state index contributed by atoms with van der Waals surface area (Å²) in [5, 5.41) is 0.914. The summed E-state index contributed by atoms with van der Waals surface area (Å²) in [5.74, 6) is -1.52. The Morgan fingerprint density at radius 1 is 0.917 bits per heavy atom. The number of hydrogen-bond donors (Lipinski definition) is 2. The lowest BCUT2D eigenvalue weighted by Gasteiger charge is -2.08. The van der Waals surface area contributed by atoms with E-state index in [2.05, 4.69) is 15.8 Å². The van der Waals surface area contributed by atoms with Crippen molar-refractivity contribution >= 4 is 22.7 Å². The van der Waals surface area contributed by atoms with Gasteiger partial charge in [-0.05, 0) is 23.8 Å². The van der Waals surface area contributed by atoms with E-state index >= 15 is 0 Å². The van der Waals surface area contributed by atoms with Gasteiger partial charge in [-0.2, -0.15) is 0 Å². The molecule has 1 heterocycles. The molecule has 0 unspecified atom stereocenters. The van der Waals surface area contributed by atoms with Crippen molar-refractivity contribution in [3.8, 4) is 0 Å². The minimum Gasteiger partial charge on any atom is -0.273 e. The van der Waals surface area contributed by atoms with Crippen LogP contribution in [0, 0.1) is 5.82 Å². The number of nitrogens with zero attached hydrogens (tertiary/aromatic N) is 1. The predicted octanol–water partition coefficient (Wildman–Crippen LogP) is 2.38. The molecule has 0 fully saturated rings. The number of nitrogens with one attached hydrogen (secondary N) is 2. The number of hydrazine groups is 1. The molecule has 2 aromatic carbocycles. The molecule has 5 nitrogen and oxygen atoms in total. The highest BCUT2D eigenvalue weighted by Crippen LogP contribution is 2.11.